The monoisotopic (exact) mass is 302 g/mol. The predicted octanol–water partition coefficient (Wildman–Crippen LogP) is 4.27. The van der Waals surface area contributed by atoms with Gasteiger partial charge in [-0.1, -0.05) is 19.9 Å². The number of nitrogen functional groups attached to an aromatic ring is 1. The number of anilines is 1. The number of benzene rings is 1. The molecule has 112 valence electrons. The van der Waals surface area contributed by atoms with Crippen molar-refractivity contribution in [1.82, 2.24) is 4.98 Å². The molecule has 0 spiro atoms. The molecule has 3 nitrogen and oxygen atoms in total. The average molecular weight is 302 g/mol. The molecular formula is C17H22N2OS. The molecule has 0 saturated carbocycles. The van der Waals surface area contributed by atoms with Gasteiger partial charge in [0.25, 0.3) is 0 Å². The van der Waals surface area contributed by atoms with Crippen LogP contribution >= 0.6 is 11.8 Å². The zero-order valence-electron chi connectivity index (χ0n) is 12.8. The minimum Gasteiger partial charge on any atom is -0.493 e. The number of nitrogens with two attached hydrogens (primary N) is 1. The summed E-state index contributed by atoms with van der Waals surface area (Å²) in [7, 11) is 0. The largest absolute Gasteiger partial charge is 0.493 e. The fourth-order valence-electron chi connectivity index (χ4n) is 2.22. The van der Waals surface area contributed by atoms with E-state index in [2.05, 4.69) is 37.9 Å². The maximum atomic E-state index is 5.85. The van der Waals surface area contributed by atoms with Gasteiger partial charge >= 0.3 is 0 Å². The van der Waals surface area contributed by atoms with Crippen LogP contribution in [0.1, 0.15) is 30.9 Å². The van der Waals surface area contributed by atoms with Crippen molar-refractivity contribution in [3.05, 3.63) is 47.8 Å². The zero-order chi connectivity index (χ0) is 15.2. The van der Waals surface area contributed by atoms with Crippen molar-refractivity contribution in [2.75, 3.05) is 18.1 Å². The number of ether oxygens (including phenoxy) is 1. The standard InChI is InChI=1S/C17H22N2OS/c1-12(2)15-5-4-14(10-13(15)3)20-8-9-21-17-6-7-19-11-16(17)18/h4-7,10-12H,8-9,18H2,1-3H3. The summed E-state index contributed by atoms with van der Waals surface area (Å²) in [5.74, 6) is 2.34. The summed E-state index contributed by atoms with van der Waals surface area (Å²) in [6.45, 7) is 7.21. The van der Waals surface area contributed by atoms with Crippen LogP contribution in [0.25, 0.3) is 0 Å². The molecule has 0 unspecified atom stereocenters. The smallest absolute Gasteiger partial charge is 0.119 e. The average Bonchev–Trinajstić information content (AvgIpc) is 2.45. The second kappa shape index (κ2) is 7.36. The molecule has 0 saturated heterocycles. The van der Waals surface area contributed by atoms with Crippen molar-refractivity contribution in [2.24, 2.45) is 0 Å². The lowest BCUT2D eigenvalue weighted by Crippen LogP contribution is -2.02. The fourth-order valence-corrected chi connectivity index (χ4v) is 2.99. The first-order chi connectivity index (χ1) is 10.1. The number of thioether (sulfide) groups is 1. The Kier molecular flexibility index (Phi) is 5.51. The molecule has 0 aliphatic rings. The van der Waals surface area contributed by atoms with Gasteiger partial charge in [0.1, 0.15) is 5.75 Å². The van der Waals surface area contributed by atoms with Crippen molar-refractivity contribution >= 4 is 17.4 Å². The molecule has 2 aromatic rings. The molecule has 1 aromatic heterocycles. The molecule has 1 heterocycles. The van der Waals surface area contributed by atoms with Crippen LogP contribution in [-0.2, 0) is 0 Å². The van der Waals surface area contributed by atoms with E-state index in [0.29, 0.717) is 12.5 Å². The molecule has 0 amide bonds. The highest BCUT2D eigenvalue weighted by Gasteiger charge is 2.05. The molecule has 0 aliphatic heterocycles. The Morgan fingerprint density at radius 2 is 2.10 bits per heavy atom. The number of nitrogens with zero attached hydrogens (tertiary/aromatic N) is 1. The van der Waals surface area contributed by atoms with E-state index in [1.807, 2.05) is 12.1 Å². The molecule has 0 bridgehead atoms. The van der Waals surface area contributed by atoms with Gasteiger partial charge in [-0.05, 0) is 42.2 Å². The van der Waals surface area contributed by atoms with Crippen molar-refractivity contribution in [2.45, 2.75) is 31.6 Å². The van der Waals surface area contributed by atoms with Crippen molar-refractivity contribution < 1.29 is 4.74 Å². The van der Waals surface area contributed by atoms with Crippen molar-refractivity contribution in [1.29, 1.82) is 0 Å². The van der Waals surface area contributed by atoms with E-state index < -0.39 is 0 Å². The number of aryl methyl sites for hydroxylation is 1. The number of aromatic nitrogens is 1. The van der Waals surface area contributed by atoms with E-state index in [1.165, 1.54) is 11.1 Å². The van der Waals surface area contributed by atoms with Gasteiger partial charge in [-0.25, -0.2) is 0 Å². The summed E-state index contributed by atoms with van der Waals surface area (Å²) in [6.07, 6.45) is 3.44. The maximum Gasteiger partial charge on any atom is 0.119 e. The second-order valence-electron chi connectivity index (χ2n) is 5.28. The van der Waals surface area contributed by atoms with Crippen LogP contribution in [0, 0.1) is 6.92 Å². The van der Waals surface area contributed by atoms with Crippen LogP contribution in [0.3, 0.4) is 0 Å². The van der Waals surface area contributed by atoms with Crippen molar-refractivity contribution in [3.8, 4) is 5.75 Å². The molecule has 0 fully saturated rings. The van der Waals surface area contributed by atoms with E-state index in [4.69, 9.17) is 10.5 Å². The Bertz CT molecular complexity index is 599. The summed E-state index contributed by atoms with van der Waals surface area (Å²) < 4.78 is 5.81. The normalized spacial score (nSPS) is 10.9. The van der Waals surface area contributed by atoms with Gasteiger partial charge in [-0.15, -0.1) is 11.8 Å². The predicted molar refractivity (Wildman–Crippen MR) is 90.1 cm³/mol. The summed E-state index contributed by atoms with van der Waals surface area (Å²) in [6, 6.07) is 8.25. The van der Waals surface area contributed by atoms with Crippen LogP contribution in [0.15, 0.2) is 41.6 Å². The molecule has 2 rings (SSSR count). The number of rotatable bonds is 6. The van der Waals surface area contributed by atoms with Crippen LogP contribution in [0.2, 0.25) is 0 Å². The molecule has 0 atom stereocenters. The molecule has 4 heteroatoms. The third-order valence-corrected chi connectivity index (χ3v) is 4.34. The first-order valence-electron chi connectivity index (χ1n) is 7.13. The quantitative estimate of drug-likeness (QED) is 0.639. The van der Waals surface area contributed by atoms with E-state index in [-0.39, 0.29) is 0 Å². The number of hydrogen-bond donors (Lipinski definition) is 1. The minimum atomic E-state index is 0.546. The Hall–Kier alpha value is -1.68. The first kappa shape index (κ1) is 15.7. The van der Waals surface area contributed by atoms with Gasteiger partial charge in [-0.2, -0.15) is 0 Å². The van der Waals surface area contributed by atoms with Crippen molar-refractivity contribution in [3.63, 3.8) is 0 Å². The highest BCUT2D eigenvalue weighted by molar-refractivity contribution is 7.99. The molecule has 0 aliphatic carbocycles. The Morgan fingerprint density at radius 3 is 2.76 bits per heavy atom. The van der Waals surface area contributed by atoms with Crippen LogP contribution < -0.4 is 10.5 Å². The van der Waals surface area contributed by atoms with Gasteiger partial charge in [0.2, 0.25) is 0 Å². The Labute approximate surface area is 130 Å². The third-order valence-electron chi connectivity index (χ3n) is 3.28. The molecule has 0 radical (unpaired) electrons. The van der Waals surface area contributed by atoms with E-state index in [1.54, 1.807) is 24.2 Å². The lowest BCUT2D eigenvalue weighted by atomic mass is 9.98. The summed E-state index contributed by atoms with van der Waals surface area (Å²) >= 11 is 1.69. The zero-order valence-corrected chi connectivity index (χ0v) is 13.6. The lowest BCUT2D eigenvalue weighted by molar-refractivity contribution is 0.343. The number of pyridine rings is 1. The van der Waals surface area contributed by atoms with Gasteiger partial charge in [-0.3, -0.25) is 4.98 Å². The molecule has 2 N–H and O–H groups in total. The van der Waals surface area contributed by atoms with Crippen LogP contribution in [0.5, 0.6) is 5.75 Å². The number of hydrogen-bond acceptors (Lipinski definition) is 4. The first-order valence-corrected chi connectivity index (χ1v) is 8.12. The van der Waals surface area contributed by atoms with Gasteiger partial charge in [0, 0.05) is 16.8 Å². The molecule has 1 aromatic carbocycles. The lowest BCUT2D eigenvalue weighted by Gasteiger charge is -2.12. The SMILES string of the molecule is Cc1cc(OCCSc2ccncc2N)ccc1C(C)C. The van der Waals surface area contributed by atoms with E-state index >= 15 is 0 Å². The van der Waals surface area contributed by atoms with Crippen LogP contribution in [-0.4, -0.2) is 17.3 Å². The van der Waals surface area contributed by atoms with Gasteiger partial charge in [0.05, 0.1) is 18.5 Å². The van der Waals surface area contributed by atoms with Gasteiger partial charge in [0.15, 0.2) is 0 Å². The minimum absolute atomic E-state index is 0.546. The molecule has 21 heavy (non-hydrogen) atoms. The third kappa shape index (κ3) is 4.39. The summed E-state index contributed by atoms with van der Waals surface area (Å²) in [4.78, 5) is 5.04. The Balaban J connectivity index is 1.84. The van der Waals surface area contributed by atoms with E-state index in [9.17, 15) is 0 Å². The van der Waals surface area contributed by atoms with E-state index in [0.717, 1.165) is 22.1 Å². The highest BCUT2D eigenvalue weighted by atomic mass is 32.2. The van der Waals surface area contributed by atoms with Gasteiger partial charge < -0.3 is 10.5 Å². The second-order valence-corrected chi connectivity index (χ2v) is 6.42. The maximum absolute atomic E-state index is 5.85. The van der Waals surface area contributed by atoms with Crippen LogP contribution in [0.4, 0.5) is 5.69 Å². The molecular weight excluding hydrogens is 280 g/mol. The Morgan fingerprint density at radius 1 is 1.29 bits per heavy atom. The highest BCUT2D eigenvalue weighted by Crippen LogP contribution is 2.25. The summed E-state index contributed by atoms with van der Waals surface area (Å²) in [5, 5.41) is 0. The topological polar surface area (TPSA) is 48.1 Å². The fraction of sp³-hybridized carbons (Fsp3) is 0.353. The summed E-state index contributed by atoms with van der Waals surface area (Å²) in [5.41, 5.74) is 9.24.